The lowest BCUT2D eigenvalue weighted by Gasteiger charge is -2.25. The van der Waals surface area contributed by atoms with Gasteiger partial charge in [-0.05, 0) is 11.1 Å². The Labute approximate surface area is 134 Å². The first kappa shape index (κ1) is 16.1. The van der Waals surface area contributed by atoms with Crippen LogP contribution >= 0.6 is 0 Å². The SMILES string of the molecule is OC1O[C@H]([C@@H](O)c2ccccc2)[C@H](OCc2ccccc2)[C@H]1O. The van der Waals surface area contributed by atoms with E-state index in [-0.39, 0.29) is 6.61 Å². The van der Waals surface area contributed by atoms with E-state index in [2.05, 4.69) is 0 Å². The third-order valence-corrected chi connectivity index (χ3v) is 3.99. The van der Waals surface area contributed by atoms with Crippen molar-refractivity contribution in [1.29, 1.82) is 0 Å². The van der Waals surface area contributed by atoms with Gasteiger partial charge in [-0.15, -0.1) is 0 Å². The van der Waals surface area contributed by atoms with Crippen LogP contribution in [0.3, 0.4) is 0 Å². The summed E-state index contributed by atoms with van der Waals surface area (Å²) in [5.74, 6) is 0. The van der Waals surface area contributed by atoms with Gasteiger partial charge in [0.25, 0.3) is 0 Å². The molecule has 0 radical (unpaired) electrons. The number of benzene rings is 2. The number of ether oxygens (including phenoxy) is 2. The van der Waals surface area contributed by atoms with Gasteiger partial charge in [0.1, 0.15) is 24.4 Å². The highest BCUT2D eigenvalue weighted by atomic mass is 16.7. The molecule has 23 heavy (non-hydrogen) atoms. The van der Waals surface area contributed by atoms with Gasteiger partial charge in [0.2, 0.25) is 0 Å². The Hall–Kier alpha value is -1.76. The quantitative estimate of drug-likeness (QED) is 0.777. The minimum atomic E-state index is -1.38. The van der Waals surface area contributed by atoms with Gasteiger partial charge >= 0.3 is 0 Å². The molecule has 0 aromatic heterocycles. The molecule has 5 atom stereocenters. The van der Waals surface area contributed by atoms with E-state index in [1.54, 1.807) is 24.3 Å². The van der Waals surface area contributed by atoms with Gasteiger partial charge in [-0.3, -0.25) is 0 Å². The molecule has 0 bridgehead atoms. The van der Waals surface area contributed by atoms with Crippen LogP contribution in [-0.4, -0.2) is 39.9 Å². The summed E-state index contributed by atoms with van der Waals surface area (Å²) >= 11 is 0. The molecule has 0 aliphatic carbocycles. The summed E-state index contributed by atoms with van der Waals surface area (Å²) in [4.78, 5) is 0. The zero-order valence-corrected chi connectivity index (χ0v) is 12.5. The van der Waals surface area contributed by atoms with Gasteiger partial charge in [0.05, 0.1) is 6.61 Å². The molecule has 2 aromatic carbocycles. The minimum Gasteiger partial charge on any atom is -0.386 e. The van der Waals surface area contributed by atoms with Crippen LogP contribution < -0.4 is 0 Å². The predicted molar refractivity (Wildman–Crippen MR) is 83.3 cm³/mol. The third kappa shape index (κ3) is 3.60. The highest BCUT2D eigenvalue weighted by Gasteiger charge is 2.47. The summed E-state index contributed by atoms with van der Waals surface area (Å²) < 4.78 is 11.1. The molecule has 5 heteroatoms. The molecular weight excluding hydrogens is 296 g/mol. The highest BCUT2D eigenvalue weighted by Crippen LogP contribution is 2.32. The summed E-state index contributed by atoms with van der Waals surface area (Å²) in [6.07, 6.45) is -5.24. The Morgan fingerprint density at radius 3 is 2.22 bits per heavy atom. The first-order valence-electron chi connectivity index (χ1n) is 7.57. The molecule has 1 heterocycles. The number of aliphatic hydroxyl groups is 3. The molecule has 1 fully saturated rings. The van der Waals surface area contributed by atoms with Crippen LogP contribution in [0.1, 0.15) is 17.2 Å². The summed E-state index contributed by atoms with van der Waals surface area (Å²) in [5.41, 5.74) is 1.58. The van der Waals surface area contributed by atoms with Crippen LogP contribution in [-0.2, 0) is 16.1 Å². The number of hydrogen-bond acceptors (Lipinski definition) is 5. The fraction of sp³-hybridized carbons (Fsp3) is 0.333. The highest BCUT2D eigenvalue weighted by molar-refractivity contribution is 5.20. The molecular formula is C18H20O5. The molecule has 1 aliphatic heterocycles. The van der Waals surface area contributed by atoms with E-state index in [1.165, 1.54) is 0 Å². The molecule has 2 aromatic rings. The number of aliphatic hydroxyl groups excluding tert-OH is 3. The van der Waals surface area contributed by atoms with Gasteiger partial charge in [-0.25, -0.2) is 0 Å². The Balaban J connectivity index is 1.73. The van der Waals surface area contributed by atoms with Gasteiger partial charge in [-0.2, -0.15) is 0 Å². The van der Waals surface area contributed by atoms with E-state index in [4.69, 9.17) is 9.47 Å². The fourth-order valence-corrected chi connectivity index (χ4v) is 2.73. The molecule has 1 saturated heterocycles. The zero-order chi connectivity index (χ0) is 16.2. The van der Waals surface area contributed by atoms with Crippen molar-refractivity contribution in [2.75, 3.05) is 0 Å². The van der Waals surface area contributed by atoms with Crippen molar-refractivity contribution in [3.63, 3.8) is 0 Å². The average molecular weight is 316 g/mol. The van der Waals surface area contributed by atoms with Crippen molar-refractivity contribution >= 4 is 0 Å². The third-order valence-electron chi connectivity index (χ3n) is 3.99. The first-order valence-corrected chi connectivity index (χ1v) is 7.57. The second kappa shape index (κ2) is 7.21. The van der Waals surface area contributed by atoms with Crippen molar-refractivity contribution < 1.29 is 24.8 Å². The molecule has 0 amide bonds. The van der Waals surface area contributed by atoms with E-state index >= 15 is 0 Å². The van der Waals surface area contributed by atoms with E-state index in [0.29, 0.717) is 5.56 Å². The largest absolute Gasteiger partial charge is 0.386 e. The van der Waals surface area contributed by atoms with Gasteiger partial charge < -0.3 is 24.8 Å². The monoisotopic (exact) mass is 316 g/mol. The van der Waals surface area contributed by atoms with Crippen molar-refractivity contribution in [1.82, 2.24) is 0 Å². The summed E-state index contributed by atoms with van der Waals surface area (Å²) in [5, 5.41) is 30.4. The normalized spacial score (nSPS) is 28.7. The number of hydrogen-bond donors (Lipinski definition) is 3. The first-order chi connectivity index (χ1) is 11.2. The maximum Gasteiger partial charge on any atom is 0.184 e. The molecule has 3 N–H and O–H groups in total. The number of rotatable bonds is 5. The lowest BCUT2D eigenvalue weighted by molar-refractivity contribution is -0.147. The van der Waals surface area contributed by atoms with E-state index in [9.17, 15) is 15.3 Å². The molecule has 0 saturated carbocycles. The molecule has 1 unspecified atom stereocenters. The average Bonchev–Trinajstić information content (AvgIpc) is 2.89. The van der Waals surface area contributed by atoms with Crippen molar-refractivity contribution in [2.45, 2.75) is 37.3 Å². The molecule has 0 spiro atoms. The van der Waals surface area contributed by atoms with Gasteiger partial charge in [0.15, 0.2) is 6.29 Å². The fourth-order valence-electron chi connectivity index (χ4n) is 2.73. The molecule has 122 valence electrons. The predicted octanol–water partition coefficient (Wildman–Crippen LogP) is 1.38. The van der Waals surface area contributed by atoms with Crippen LogP contribution in [0.25, 0.3) is 0 Å². The van der Waals surface area contributed by atoms with Crippen LogP contribution in [0.2, 0.25) is 0 Å². The topological polar surface area (TPSA) is 79.2 Å². The van der Waals surface area contributed by atoms with Gasteiger partial charge in [-0.1, -0.05) is 60.7 Å². The lowest BCUT2D eigenvalue weighted by Crippen LogP contribution is -2.37. The van der Waals surface area contributed by atoms with Crippen LogP contribution in [0.4, 0.5) is 0 Å². The summed E-state index contributed by atoms with van der Waals surface area (Å²) in [6.45, 7) is 0.261. The Bertz CT molecular complexity index is 603. The van der Waals surface area contributed by atoms with Crippen molar-refractivity contribution in [3.05, 3.63) is 71.8 Å². The minimum absolute atomic E-state index is 0.261. The van der Waals surface area contributed by atoms with E-state index in [1.807, 2.05) is 36.4 Å². The van der Waals surface area contributed by atoms with E-state index < -0.39 is 30.7 Å². The summed E-state index contributed by atoms with van der Waals surface area (Å²) in [6, 6.07) is 18.5. The zero-order valence-electron chi connectivity index (χ0n) is 12.5. The van der Waals surface area contributed by atoms with Crippen LogP contribution in [0.5, 0.6) is 0 Å². The van der Waals surface area contributed by atoms with Crippen LogP contribution in [0.15, 0.2) is 60.7 Å². The van der Waals surface area contributed by atoms with Crippen molar-refractivity contribution in [3.8, 4) is 0 Å². The van der Waals surface area contributed by atoms with E-state index in [0.717, 1.165) is 5.56 Å². The second-order valence-corrected chi connectivity index (χ2v) is 5.60. The smallest absolute Gasteiger partial charge is 0.184 e. The maximum atomic E-state index is 10.5. The molecule has 5 nitrogen and oxygen atoms in total. The molecule has 1 aliphatic rings. The second-order valence-electron chi connectivity index (χ2n) is 5.60. The lowest BCUT2D eigenvalue weighted by atomic mass is 9.99. The van der Waals surface area contributed by atoms with Gasteiger partial charge in [0, 0.05) is 0 Å². The standard InChI is InChI=1S/C18H20O5/c19-14(13-9-5-2-6-10-13)17-16(15(20)18(21)23-17)22-11-12-7-3-1-4-8-12/h1-10,14-21H,11H2/t14-,15+,16+,17+,18?/m0/s1. The van der Waals surface area contributed by atoms with Crippen LogP contribution in [0, 0.1) is 0 Å². The Morgan fingerprint density at radius 2 is 1.57 bits per heavy atom. The Kier molecular flexibility index (Phi) is 5.05. The van der Waals surface area contributed by atoms with Crippen molar-refractivity contribution in [2.24, 2.45) is 0 Å². The molecule has 3 rings (SSSR count). The Morgan fingerprint density at radius 1 is 0.957 bits per heavy atom. The maximum absolute atomic E-state index is 10.5. The summed E-state index contributed by atoms with van der Waals surface area (Å²) in [7, 11) is 0.